The number of aryl methyl sites for hydroxylation is 1. The van der Waals surface area contributed by atoms with Crippen LogP contribution in [0.2, 0.25) is 0 Å². The van der Waals surface area contributed by atoms with Crippen molar-refractivity contribution in [1.29, 1.82) is 0 Å². The van der Waals surface area contributed by atoms with E-state index in [1.807, 2.05) is 6.08 Å². The van der Waals surface area contributed by atoms with Gasteiger partial charge in [-0.3, -0.25) is 0 Å². The first-order valence-electron chi connectivity index (χ1n) is 12.2. The van der Waals surface area contributed by atoms with Crippen molar-refractivity contribution in [3.63, 3.8) is 0 Å². The summed E-state index contributed by atoms with van der Waals surface area (Å²) in [7, 11) is 0. The molecule has 29 heavy (non-hydrogen) atoms. The predicted molar refractivity (Wildman–Crippen MR) is 125 cm³/mol. The van der Waals surface area contributed by atoms with Gasteiger partial charge >= 0.3 is 0 Å². The van der Waals surface area contributed by atoms with Gasteiger partial charge in [0, 0.05) is 0 Å². The number of hydrogen-bond donors (Lipinski definition) is 0. The molecule has 3 rings (SSSR count). The fourth-order valence-corrected chi connectivity index (χ4v) is 5.56. The predicted octanol–water partition coefficient (Wildman–Crippen LogP) is 7.90. The molecule has 2 aliphatic rings. The first-order valence-corrected chi connectivity index (χ1v) is 12.2. The standard InChI is InChI=1S/C28H42O/c1-3-5-21-29-22-26-11-9-24(10-12-26)7-8-25-15-19-28(20-16-25)27-17-13-23(6-4-2)14-18-27/h3-4,6,9-12,23,25,27-28H,1,5,7-8,13-22H2,2H3/b6-4+/t23-,25?,27-,28?. The minimum Gasteiger partial charge on any atom is -0.376 e. The number of ether oxygens (including phenoxy) is 1. The number of hydrogen-bond acceptors (Lipinski definition) is 1. The van der Waals surface area contributed by atoms with Crippen molar-refractivity contribution in [2.45, 2.75) is 84.2 Å². The molecule has 0 heterocycles. The SMILES string of the molecule is C=CCCOCc1ccc(CCC2CCC([C@H]3CC[C@H](/C=C/C)CC3)CC2)cc1. The highest BCUT2D eigenvalue weighted by Crippen LogP contribution is 2.42. The van der Waals surface area contributed by atoms with Crippen molar-refractivity contribution in [3.05, 3.63) is 60.2 Å². The quantitative estimate of drug-likeness (QED) is 0.289. The molecule has 0 bridgehead atoms. The normalized spacial score (nSPS) is 27.9. The van der Waals surface area contributed by atoms with Gasteiger partial charge in [0.25, 0.3) is 0 Å². The lowest BCUT2D eigenvalue weighted by Crippen LogP contribution is -2.25. The fraction of sp³-hybridized carbons (Fsp3) is 0.643. The Balaban J connectivity index is 1.32. The minimum absolute atomic E-state index is 0.717. The van der Waals surface area contributed by atoms with Crippen LogP contribution in [-0.4, -0.2) is 6.61 Å². The number of allylic oxidation sites excluding steroid dienone is 2. The van der Waals surface area contributed by atoms with Crippen LogP contribution in [0.25, 0.3) is 0 Å². The van der Waals surface area contributed by atoms with Crippen molar-refractivity contribution in [3.8, 4) is 0 Å². The van der Waals surface area contributed by atoms with E-state index in [0.29, 0.717) is 0 Å². The molecule has 0 aromatic heterocycles. The Morgan fingerprint density at radius 1 is 0.897 bits per heavy atom. The molecule has 2 fully saturated rings. The molecule has 0 spiro atoms. The molecule has 0 radical (unpaired) electrons. The first-order chi connectivity index (χ1) is 14.3. The number of rotatable bonds is 10. The highest BCUT2D eigenvalue weighted by molar-refractivity contribution is 5.22. The maximum absolute atomic E-state index is 5.66. The van der Waals surface area contributed by atoms with Gasteiger partial charge in [-0.15, -0.1) is 6.58 Å². The lowest BCUT2D eigenvalue weighted by atomic mass is 9.68. The number of benzene rings is 1. The summed E-state index contributed by atoms with van der Waals surface area (Å²) in [4.78, 5) is 0. The van der Waals surface area contributed by atoms with Crippen LogP contribution in [0.5, 0.6) is 0 Å². The zero-order valence-corrected chi connectivity index (χ0v) is 18.7. The van der Waals surface area contributed by atoms with Crippen LogP contribution in [0, 0.1) is 23.7 Å². The van der Waals surface area contributed by atoms with Gasteiger partial charge in [0.05, 0.1) is 13.2 Å². The Hall–Kier alpha value is -1.34. The molecule has 1 nitrogen and oxygen atoms in total. The van der Waals surface area contributed by atoms with Gasteiger partial charge in [-0.05, 0) is 99.5 Å². The molecule has 0 saturated heterocycles. The summed E-state index contributed by atoms with van der Waals surface area (Å²) in [6, 6.07) is 9.09. The van der Waals surface area contributed by atoms with Gasteiger partial charge in [0.2, 0.25) is 0 Å². The largest absolute Gasteiger partial charge is 0.376 e. The van der Waals surface area contributed by atoms with Crippen molar-refractivity contribution in [2.24, 2.45) is 23.7 Å². The monoisotopic (exact) mass is 394 g/mol. The average Bonchev–Trinajstić information content (AvgIpc) is 2.77. The molecule has 1 aromatic carbocycles. The van der Waals surface area contributed by atoms with Crippen molar-refractivity contribution in [1.82, 2.24) is 0 Å². The Morgan fingerprint density at radius 3 is 2.14 bits per heavy atom. The third-order valence-electron chi connectivity index (χ3n) is 7.44. The summed E-state index contributed by atoms with van der Waals surface area (Å²) in [5.74, 6) is 3.88. The molecule has 0 amide bonds. The topological polar surface area (TPSA) is 9.23 Å². The Labute approximate surface area is 179 Å². The Bertz CT molecular complexity index is 598. The maximum atomic E-state index is 5.66. The molecule has 0 N–H and O–H groups in total. The summed E-state index contributed by atoms with van der Waals surface area (Å²) in [6.45, 7) is 7.38. The first kappa shape index (κ1) is 22.3. The van der Waals surface area contributed by atoms with E-state index in [1.54, 1.807) is 0 Å². The molecule has 0 atom stereocenters. The van der Waals surface area contributed by atoms with Gasteiger partial charge in [0.1, 0.15) is 0 Å². The molecular formula is C28H42O. The van der Waals surface area contributed by atoms with Crippen LogP contribution in [0.4, 0.5) is 0 Å². The van der Waals surface area contributed by atoms with Crippen LogP contribution in [-0.2, 0) is 17.8 Å². The van der Waals surface area contributed by atoms with E-state index < -0.39 is 0 Å². The van der Waals surface area contributed by atoms with Crippen molar-refractivity contribution < 1.29 is 4.74 Å². The van der Waals surface area contributed by atoms with Gasteiger partial charge in [-0.1, -0.05) is 55.3 Å². The second-order valence-electron chi connectivity index (χ2n) is 9.47. The zero-order chi connectivity index (χ0) is 20.3. The van der Waals surface area contributed by atoms with E-state index in [1.165, 1.54) is 75.3 Å². The van der Waals surface area contributed by atoms with Gasteiger partial charge in [-0.25, -0.2) is 0 Å². The molecule has 0 aliphatic heterocycles. The summed E-state index contributed by atoms with van der Waals surface area (Å²) in [6.07, 6.45) is 21.9. The van der Waals surface area contributed by atoms with E-state index in [2.05, 4.69) is 49.9 Å². The van der Waals surface area contributed by atoms with Gasteiger partial charge in [0.15, 0.2) is 0 Å². The van der Waals surface area contributed by atoms with E-state index in [4.69, 9.17) is 4.74 Å². The van der Waals surface area contributed by atoms with Gasteiger partial charge < -0.3 is 4.74 Å². The summed E-state index contributed by atoms with van der Waals surface area (Å²) >= 11 is 0. The van der Waals surface area contributed by atoms with Crippen LogP contribution >= 0.6 is 0 Å². The highest BCUT2D eigenvalue weighted by atomic mass is 16.5. The van der Waals surface area contributed by atoms with Crippen LogP contribution in [0.3, 0.4) is 0 Å². The molecule has 2 aliphatic carbocycles. The average molecular weight is 395 g/mol. The van der Waals surface area contributed by atoms with Gasteiger partial charge in [-0.2, -0.15) is 0 Å². The molecule has 0 unspecified atom stereocenters. The molecular weight excluding hydrogens is 352 g/mol. The van der Waals surface area contributed by atoms with Crippen LogP contribution in [0.15, 0.2) is 49.1 Å². The van der Waals surface area contributed by atoms with E-state index in [-0.39, 0.29) is 0 Å². The van der Waals surface area contributed by atoms with E-state index in [9.17, 15) is 0 Å². The zero-order valence-electron chi connectivity index (χ0n) is 18.7. The van der Waals surface area contributed by atoms with Crippen LogP contribution in [0.1, 0.15) is 82.3 Å². The third kappa shape index (κ3) is 7.45. The highest BCUT2D eigenvalue weighted by Gasteiger charge is 2.30. The lowest BCUT2D eigenvalue weighted by Gasteiger charge is -2.37. The lowest BCUT2D eigenvalue weighted by molar-refractivity contribution is 0.125. The summed E-state index contributed by atoms with van der Waals surface area (Å²) < 4.78 is 5.66. The fourth-order valence-electron chi connectivity index (χ4n) is 5.56. The van der Waals surface area contributed by atoms with E-state index >= 15 is 0 Å². The van der Waals surface area contributed by atoms with Crippen LogP contribution < -0.4 is 0 Å². The third-order valence-corrected chi connectivity index (χ3v) is 7.44. The maximum Gasteiger partial charge on any atom is 0.0717 e. The van der Waals surface area contributed by atoms with Crippen molar-refractivity contribution >= 4 is 0 Å². The second-order valence-corrected chi connectivity index (χ2v) is 9.47. The molecule has 1 heteroatoms. The summed E-state index contributed by atoms with van der Waals surface area (Å²) in [5.41, 5.74) is 2.77. The smallest absolute Gasteiger partial charge is 0.0717 e. The second kappa shape index (κ2) is 12.4. The minimum atomic E-state index is 0.717. The molecule has 2 saturated carbocycles. The molecule has 1 aromatic rings. The Morgan fingerprint density at radius 2 is 1.52 bits per heavy atom. The van der Waals surface area contributed by atoms with Crippen molar-refractivity contribution in [2.75, 3.05) is 6.61 Å². The summed E-state index contributed by atoms with van der Waals surface area (Å²) in [5, 5.41) is 0. The molecule has 160 valence electrons. The van der Waals surface area contributed by atoms with E-state index in [0.717, 1.165) is 43.3 Å². The Kier molecular flexibility index (Phi) is 9.54.